The third-order valence-corrected chi connectivity index (χ3v) is 3.35. The van der Waals surface area contributed by atoms with Crippen LogP contribution in [0.2, 0.25) is 5.02 Å². The van der Waals surface area contributed by atoms with Gasteiger partial charge in [0.1, 0.15) is 0 Å². The van der Waals surface area contributed by atoms with Gasteiger partial charge >= 0.3 is 0 Å². The van der Waals surface area contributed by atoms with Gasteiger partial charge in [0.15, 0.2) is 0 Å². The van der Waals surface area contributed by atoms with Crippen LogP contribution in [0.3, 0.4) is 0 Å². The van der Waals surface area contributed by atoms with Gasteiger partial charge in [-0.2, -0.15) is 0 Å². The van der Waals surface area contributed by atoms with Crippen LogP contribution in [0.15, 0.2) is 30.3 Å². The van der Waals surface area contributed by atoms with E-state index in [-0.39, 0.29) is 16.4 Å². The first kappa shape index (κ1) is 12.4. The van der Waals surface area contributed by atoms with Gasteiger partial charge in [0.25, 0.3) is 11.4 Å². The molecule has 1 aromatic heterocycles. The Morgan fingerprint density at radius 3 is 2.25 bits per heavy atom. The number of fused-ring (bicyclic) bond motifs is 3. The average molecular weight is 292 g/mol. The first-order chi connectivity index (χ1) is 9.47. The van der Waals surface area contributed by atoms with Crippen LogP contribution in [0.4, 0.5) is 11.4 Å². The summed E-state index contributed by atoms with van der Waals surface area (Å²) < 4.78 is 0. The summed E-state index contributed by atoms with van der Waals surface area (Å²) in [7, 11) is 0. The molecule has 100 valence electrons. The van der Waals surface area contributed by atoms with E-state index in [4.69, 9.17) is 11.6 Å². The molecule has 0 aliphatic rings. The van der Waals surface area contributed by atoms with E-state index in [1.807, 2.05) is 0 Å². The number of nitrogens with one attached hydrogen (secondary N) is 1. The van der Waals surface area contributed by atoms with Crippen molar-refractivity contribution in [3.8, 4) is 0 Å². The van der Waals surface area contributed by atoms with Crippen LogP contribution >= 0.6 is 11.6 Å². The van der Waals surface area contributed by atoms with E-state index >= 15 is 0 Å². The number of nitro groups is 2. The van der Waals surface area contributed by atoms with E-state index in [9.17, 15) is 20.2 Å². The van der Waals surface area contributed by atoms with Gasteiger partial charge in [-0.1, -0.05) is 11.6 Å². The zero-order valence-corrected chi connectivity index (χ0v) is 10.5. The predicted molar refractivity (Wildman–Crippen MR) is 74.1 cm³/mol. The Hall–Kier alpha value is -2.67. The van der Waals surface area contributed by atoms with Crippen molar-refractivity contribution in [2.75, 3.05) is 0 Å². The van der Waals surface area contributed by atoms with E-state index in [0.717, 1.165) is 0 Å². The Kier molecular flexibility index (Phi) is 2.58. The molecule has 2 aromatic carbocycles. The lowest BCUT2D eigenvalue weighted by molar-refractivity contribution is -0.385. The van der Waals surface area contributed by atoms with Crippen molar-refractivity contribution in [3.63, 3.8) is 0 Å². The van der Waals surface area contributed by atoms with Crippen molar-refractivity contribution in [2.24, 2.45) is 0 Å². The second kappa shape index (κ2) is 4.17. The molecule has 0 unspecified atom stereocenters. The number of hydrogen-bond acceptors (Lipinski definition) is 4. The van der Waals surface area contributed by atoms with Crippen molar-refractivity contribution >= 4 is 44.8 Å². The van der Waals surface area contributed by atoms with Gasteiger partial charge in [-0.15, -0.1) is 0 Å². The highest BCUT2D eigenvalue weighted by Gasteiger charge is 2.16. The lowest BCUT2D eigenvalue weighted by atomic mass is 10.1. The van der Waals surface area contributed by atoms with Crippen molar-refractivity contribution < 1.29 is 9.85 Å². The van der Waals surface area contributed by atoms with Crippen molar-refractivity contribution in [3.05, 3.63) is 55.6 Å². The monoisotopic (exact) mass is 291 g/mol. The summed E-state index contributed by atoms with van der Waals surface area (Å²) in [5, 5.41) is 22.9. The number of benzene rings is 2. The van der Waals surface area contributed by atoms with Crippen LogP contribution in [-0.2, 0) is 0 Å². The van der Waals surface area contributed by atoms with Gasteiger partial charge in [0, 0.05) is 40.6 Å². The first-order valence-corrected chi connectivity index (χ1v) is 5.89. The molecular formula is C12H6ClN3O4. The van der Waals surface area contributed by atoms with Crippen molar-refractivity contribution in [2.45, 2.75) is 0 Å². The first-order valence-electron chi connectivity index (χ1n) is 5.51. The van der Waals surface area contributed by atoms with Crippen molar-refractivity contribution in [1.29, 1.82) is 0 Å². The Bertz CT molecular complexity index is 887. The van der Waals surface area contributed by atoms with Crippen LogP contribution in [0.5, 0.6) is 0 Å². The van der Waals surface area contributed by atoms with Gasteiger partial charge in [-0.05, 0) is 6.07 Å². The Labute approximate surface area is 116 Å². The normalized spacial score (nSPS) is 11.1. The molecule has 0 bridgehead atoms. The maximum atomic E-state index is 10.9. The number of H-pyrrole nitrogens is 1. The van der Waals surface area contributed by atoms with Crippen LogP contribution < -0.4 is 0 Å². The van der Waals surface area contributed by atoms with E-state index in [0.29, 0.717) is 21.8 Å². The highest BCUT2D eigenvalue weighted by molar-refractivity contribution is 6.36. The minimum Gasteiger partial charge on any atom is -0.353 e. The maximum Gasteiger partial charge on any atom is 0.271 e. The van der Waals surface area contributed by atoms with Crippen molar-refractivity contribution in [1.82, 2.24) is 4.98 Å². The highest BCUT2D eigenvalue weighted by atomic mass is 35.5. The SMILES string of the molecule is O=[N+]([O-])c1ccc2[nH]c3c(Cl)cc([N+](=O)[O-])cc3c2c1. The summed E-state index contributed by atoms with van der Waals surface area (Å²) in [6.07, 6.45) is 0. The molecule has 0 aliphatic carbocycles. The second-order valence-corrected chi connectivity index (χ2v) is 4.63. The highest BCUT2D eigenvalue weighted by Crippen LogP contribution is 2.35. The zero-order chi connectivity index (χ0) is 14.4. The topological polar surface area (TPSA) is 102 Å². The average Bonchev–Trinajstić information content (AvgIpc) is 2.77. The van der Waals surface area contributed by atoms with E-state index in [1.165, 1.54) is 24.3 Å². The molecule has 0 aliphatic heterocycles. The fraction of sp³-hybridized carbons (Fsp3) is 0. The Balaban J connectivity index is 2.43. The summed E-state index contributed by atoms with van der Waals surface area (Å²) in [5.74, 6) is 0. The smallest absolute Gasteiger partial charge is 0.271 e. The summed E-state index contributed by atoms with van der Waals surface area (Å²) in [6, 6.07) is 6.88. The number of aromatic amines is 1. The predicted octanol–water partition coefficient (Wildman–Crippen LogP) is 3.79. The molecule has 0 saturated carbocycles. The minimum atomic E-state index is -0.554. The molecule has 1 heterocycles. The molecule has 1 N–H and O–H groups in total. The van der Waals surface area contributed by atoms with Gasteiger partial charge in [0.05, 0.1) is 20.4 Å². The largest absolute Gasteiger partial charge is 0.353 e. The number of rotatable bonds is 2. The lowest BCUT2D eigenvalue weighted by Crippen LogP contribution is -1.88. The molecule has 3 rings (SSSR count). The molecule has 8 heteroatoms. The molecule has 0 atom stereocenters. The molecule has 0 fully saturated rings. The van der Waals surface area contributed by atoms with Gasteiger partial charge in [0.2, 0.25) is 0 Å². The standard InChI is InChI=1S/C12H6ClN3O4/c13-10-5-7(16(19)20)4-9-8-3-6(15(17)18)1-2-11(8)14-12(9)10/h1-5,14H. The van der Waals surface area contributed by atoms with E-state index < -0.39 is 9.85 Å². The molecular weight excluding hydrogens is 286 g/mol. The molecule has 7 nitrogen and oxygen atoms in total. The fourth-order valence-corrected chi connectivity index (χ4v) is 2.41. The molecule has 0 amide bonds. The van der Waals surface area contributed by atoms with Crippen LogP contribution in [0.25, 0.3) is 21.8 Å². The van der Waals surface area contributed by atoms with Gasteiger partial charge in [-0.25, -0.2) is 0 Å². The van der Waals surface area contributed by atoms with Gasteiger partial charge < -0.3 is 4.98 Å². The number of halogens is 1. The quantitative estimate of drug-likeness (QED) is 0.573. The minimum absolute atomic E-state index is 0.0824. The number of aromatic nitrogens is 1. The summed E-state index contributed by atoms with van der Waals surface area (Å²) in [6.45, 7) is 0. The summed E-state index contributed by atoms with van der Waals surface area (Å²) >= 11 is 6.01. The molecule has 20 heavy (non-hydrogen) atoms. The van der Waals surface area contributed by atoms with Crippen LogP contribution in [0, 0.1) is 20.2 Å². The Morgan fingerprint density at radius 1 is 0.950 bits per heavy atom. The molecule has 0 spiro atoms. The lowest BCUT2D eigenvalue weighted by Gasteiger charge is -1.96. The van der Waals surface area contributed by atoms with Gasteiger partial charge in [-0.3, -0.25) is 20.2 Å². The molecule has 0 radical (unpaired) electrons. The summed E-state index contributed by atoms with van der Waals surface area (Å²) in [5.41, 5.74) is 0.914. The maximum absolute atomic E-state index is 10.9. The third-order valence-electron chi connectivity index (χ3n) is 3.05. The van der Waals surface area contributed by atoms with Crippen LogP contribution in [0.1, 0.15) is 0 Å². The zero-order valence-electron chi connectivity index (χ0n) is 9.79. The third kappa shape index (κ3) is 1.76. The number of nitro benzene ring substituents is 2. The second-order valence-electron chi connectivity index (χ2n) is 4.22. The number of non-ortho nitro benzene ring substituents is 2. The summed E-state index contributed by atoms with van der Waals surface area (Å²) in [4.78, 5) is 23.6. The number of nitrogens with zero attached hydrogens (tertiary/aromatic N) is 2. The molecule has 3 aromatic rings. The Morgan fingerprint density at radius 2 is 1.60 bits per heavy atom. The molecule has 0 saturated heterocycles. The van der Waals surface area contributed by atoms with E-state index in [1.54, 1.807) is 6.07 Å². The van der Waals surface area contributed by atoms with Crippen LogP contribution in [-0.4, -0.2) is 14.8 Å². The van der Waals surface area contributed by atoms with E-state index in [2.05, 4.69) is 4.98 Å². The fourth-order valence-electron chi connectivity index (χ4n) is 2.15. The number of hydrogen-bond donors (Lipinski definition) is 1.